The number of piperidine rings is 1. The molecule has 2 aromatic heterocycles. The monoisotopic (exact) mass is 367 g/mol. The van der Waals surface area contributed by atoms with Crippen molar-refractivity contribution in [2.24, 2.45) is 7.05 Å². The summed E-state index contributed by atoms with van der Waals surface area (Å²) in [5.41, 5.74) is 0. The second kappa shape index (κ2) is 7.31. The highest BCUT2D eigenvalue weighted by molar-refractivity contribution is 7.89. The molecule has 136 valence electrons. The van der Waals surface area contributed by atoms with Gasteiger partial charge in [-0.1, -0.05) is 0 Å². The minimum atomic E-state index is -3.73. The van der Waals surface area contributed by atoms with Crippen LogP contribution in [-0.2, 0) is 23.6 Å². The molecular weight excluding hydrogens is 346 g/mol. The first-order chi connectivity index (χ1) is 12.0. The largest absolute Gasteiger partial charge is 0.467 e. The Hall–Kier alpha value is -2.27. The Morgan fingerprint density at radius 3 is 2.60 bits per heavy atom. The number of aromatic nitrogens is 5. The lowest BCUT2D eigenvalue weighted by atomic mass is 10.1. The van der Waals surface area contributed by atoms with E-state index in [-0.39, 0.29) is 17.6 Å². The van der Waals surface area contributed by atoms with Gasteiger partial charge in [0.25, 0.3) is 10.0 Å². The van der Waals surface area contributed by atoms with Gasteiger partial charge in [-0.3, -0.25) is 0 Å². The van der Waals surface area contributed by atoms with Crippen molar-refractivity contribution in [1.29, 1.82) is 0 Å². The van der Waals surface area contributed by atoms with E-state index in [0.29, 0.717) is 11.8 Å². The summed E-state index contributed by atoms with van der Waals surface area (Å²) < 4.78 is 33.7. The smallest absolute Gasteiger partial charge is 0.321 e. The van der Waals surface area contributed by atoms with Crippen molar-refractivity contribution in [3.63, 3.8) is 0 Å². The number of rotatable bonds is 6. The predicted molar refractivity (Wildman–Crippen MR) is 89.7 cm³/mol. The van der Waals surface area contributed by atoms with Crippen LogP contribution in [0.4, 0.5) is 5.95 Å². The van der Waals surface area contributed by atoms with Gasteiger partial charge in [0, 0.05) is 26.3 Å². The van der Waals surface area contributed by atoms with E-state index >= 15 is 0 Å². The second-order valence-electron chi connectivity index (χ2n) is 5.79. The molecule has 0 aliphatic carbocycles. The van der Waals surface area contributed by atoms with Gasteiger partial charge in [0.1, 0.15) is 0 Å². The SMILES string of the molecule is COc1nc(CNS(=O)(=O)c2cn(C)cn2)nc(N2CCCCC2)n1. The molecule has 0 saturated carbocycles. The van der Waals surface area contributed by atoms with Crippen LogP contribution in [0, 0.1) is 0 Å². The molecule has 3 heterocycles. The van der Waals surface area contributed by atoms with E-state index in [4.69, 9.17) is 4.74 Å². The molecule has 0 aromatic carbocycles. The Bertz CT molecular complexity index is 831. The van der Waals surface area contributed by atoms with Crippen molar-refractivity contribution in [1.82, 2.24) is 29.2 Å². The molecule has 1 fully saturated rings. The minimum Gasteiger partial charge on any atom is -0.467 e. The Labute approximate surface area is 146 Å². The predicted octanol–water partition coefficient (Wildman–Crippen LogP) is 0.0825. The molecule has 0 bridgehead atoms. The molecule has 11 heteroatoms. The van der Waals surface area contributed by atoms with E-state index in [1.54, 1.807) is 11.6 Å². The maximum Gasteiger partial charge on any atom is 0.321 e. The van der Waals surface area contributed by atoms with Gasteiger partial charge >= 0.3 is 6.01 Å². The lowest BCUT2D eigenvalue weighted by Crippen LogP contribution is -2.32. The second-order valence-corrected chi connectivity index (χ2v) is 7.50. The fraction of sp³-hybridized carbons (Fsp3) is 0.571. The van der Waals surface area contributed by atoms with Crippen LogP contribution >= 0.6 is 0 Å². The zero-order chi connectivity index (χ0) is 17.9. The minimum absolute atomic E-state index is 0.0488. The topological polar surface area (TPSA) is 115 Å². The number of anilines is 1. The van der Waals surface area contributed by atoms with Crippen LogP contribution in [0.2, 0.25) is 0 Å². The quantitative estimate of drug-likeness (QED) is 0.763. The molecule has 0 radical (unpaired) electrons. The Balaban J connectivity index is 1.77. The molecule has 1 aliphatic rings. The van der Waals surface area contributed by atoms with Crippen molar-refractivity contribution < 1.29 is 13.2 Å². The molecular formula is C14H21N7O3S. The lowest BCUT2D eigenvalue weighted by molar-refractivity contribution is 0.374. The van der Waals surface area contributed by atoms with Gasteiger partial charge in [-0.2, -0.15) is 15.0 Å². The maximum atomic E-state index is 12.3. The summed E-state index contributed by atoms with van der Waals surface area (Å²) in [4.78, 5) is 18.7. The Morgan fingerprint density at radius 1 is 1.20 bits per heavy atom. The van der Waals surface area contributed by atoms with E-state index in [1.807, 2.05) is 0 Å². The van der Waals surface area contributed by atoms with E-state index in [0.717, 1.165) is 25.9 Å². The van der Waals surface area contributed by atoms with E-state index in [1.165, 1.54) is 26.1 Å². The van der Waals surface area contributed by atoms with Crippen molar-refractivity contribution in [2.45, 2.75) is 30.8 Å². The zero-order valence-corrected chi connectivity index (χ0v) is 15.0. The molecule has 3 rings (SSSR count). The highest BCUT2D eigenvalue weighted by Gasteiger charge is 2.20. The third kappa shape index (κ3) is 4.23. The highest BCUT2D eigenvalue weighted by Crippen LogP contribution is 2.18. The molecule has 0 spiro atoms. The Kier molecular flexibility index (Phi) is 5.13. The molecule has 10 nitrogen and oxygen atoms in total. The molecule has 2 aromatic rings. The van der Waals surface area contributed by atoms with Crippen molar-refractivity contribution in [2.75, 3.05) is 25.1 Å². The first-order valence-corrected chi connectivity index (χ1v) is 9.48. The lowest BCUT2D eigenvalue weighted by Gasteiger charge is -2.26. The third-order valence-electron chi connectivity index (χ3n) is 3.85. The van der Waals surface area contributed by atoms with Crippen LogP contribution in [0.1, 0.15) is 25.1 Å². The average Bonchev–Trinajstić information content (AvgIpc) is 3.08. The van der Waals surface area contributed by atoms with Gasteiger partial charge in [0.05, 0.1) is 20.0 Å². The standard InChI is InChI=1S/C14H21N7O3S/c1-20-9-12(15-10-20)25(22,23)16-8-11-17-13(19-14(18-11)24-2)21-6-4-3-5-7-21/h9-10,16H,3-8H2,1-2H3. The van der Waals surface area contributed by atoms with Gasteiger partial charge in [-0.25, -0.2) is 18.1 Å². The number of nitrogens with zero attached hydrogens (tertiary/aromatic N) is 6. The first kappa shape index (κ1) is 17.5. The fourth-order valence-electron chi connectivity index (χ4n) is 2.55. The number of hydrogen-bond acceptors (Lipinski definition) is 8. The molecule has 25 heavy (non-hydrogen) atoms. The molecule has 1 aliphatic heterocycles. The number of hydrogen-bond donors (Lipinski definition) is 1. The number of methoxy groups -OCH3 is 1. The number of nitrogens with one attached hydrogen (secondary N) is 1. The zero-order valence-electron chi connectivity index (χ0n) is 14.2. The van der Waals surface area contributed by atoms with Gasteiger partial charge < -0.3 is 14.2 Å². The number of aryl methyl sites for hydroxylation is 1. The normalized spacial score (nSPS) is 15.4. The van der Waals surface area contributed by atoms with E-state index in [2.05, 4.69) is 29.6 Å². The fourth-order valence-corrected chi connectivity index (χ4v) is 3.51. The van der Waals surface area contributed by atoms with Crippen LogP contribution in [0.25, 0.3) is 0 Å². The molecule has 0 atom stereocenters. The van der Waals surface area contributed by atoms with Gasteiger partial charge in [-0.15, -0.1) is 0 Å². The van der Waals surface area contributed by atoms with Crippen molar-refractivity contribution in [3.05, 3.63) is 18.3 Å². The van der Waals surface area contributed by atoms with Crippen LogP contribution in [0.15, 0.2) is 17.6 Å². The van der Waals surface area contributed by atoms with Crippen LogP contribution in [0.5, 0.6) is 6.01 Å². The van der Waals surface area contributed by atoms with Crippen molar-refractivity contribution >= 4 is 16.0 Å². The van der Waals surface area contributed by atoms with Crippen LogP contribution in [0.3, 0.4) is 0 Å². The summed E-state index contributed by atoms with van der Waals surface area (Å²) in [6.45, 7) is 1.66. The van der Waals surface area contributed by atoms with Crippen LogP contribution in [-0.4, -0.2) is 53.1 Å². The average molecular weight is 367 g/mol. The summed E-state index contributed by atoms with van der Waals surface area (Å²) in [6.07, 6.45) is 6.20. The third-order valence-corrected chi connectivity index (χ3v) is 5.13. The molecule has 0 unspecified atom stereocenters. The van der Waals surface area contributed by atoms with Gasteiger partial charge in [0.15, 0.2) is 10.9 Å². The van der Waals surface area contributed by atoms with E-state index < -0.39 is 10.0 Å². The first-order valence-electron chi connectivity index (χ1n) is 7.99. The Morgan fingerprint density at radius 2 is 1.96 bits per heavy atom. The van der Waals surface area contributed by atoms with Gasteiger partial charge in [-0.05, 0) is 19.3 Å². The molecule has 0 amide bonds. The number of ether oxygens (including phenoxy) is 1. The number of imidazole rings is 1. The molecule has 1 saturated heterocycles. The summed E-state index contributed by atoms with van der Waals surface area (Å²) >= 11 is 0. The summed E-state index contributed by atoms with van der Waals surface area (Å²) in [5.74, 6) is 0.811. The highest BCUT2D eigenvalue weighted by atomic mass is 32.2. The molecule has 1 N–H and O–H groups in total. The number of sulfonamides is 1. The summed E-state index contributed by atoms with van der Waals surface area (Å²) in [5, 5.41) is -0.0488. The van der Waals surface area contributed by atoms with Crippen LogP contribution < -0.4 is 14.4 Å². The maximum absolute atomic E-state index is 12.3. The van der Waals surface area contributed by atoms with Crippen molar-refractivity contribution in [3.8, 4) is 6.01 Å². The summed E-state index contributed by atoms with van der Waals surface area (Å²) in [6, 6.07) is 0.169. The summed E-state index contributed by atoms with van der Waals surface area (Å²) in [7, 11) is -0.560. The van der Waals surface area contributed by atoms with E-state index in [9.17, 15) is 8.42 Å². The van der Waals surface area contributed by atoms with Gasteiger partial charge in [0.2, 0.25) is 5.95 Å².